The third-order valence-electron chi connectivity index (χ3n) is 5.25. The highest BCUT2D eigenvalue weighted by Gasteiger charge is 2.10. The Morgan fingerprint density at radius 2 is 2.03 bits per heavy atom. The molecule has 2 aromatic carbocycles. The zero-order valence-electron chi connectivity index (χ0n) is 16.9. The first-order valence-electron chi connectivity index (χ1n) is 10.3. The molecule has 0 aliphatic carbocycles. The molecule has 5 rings (SSSR count). The minimum atomic E-state index is 0.633. The van der Waals surface area contributed by atoms with Crippen LogP contribution in [-0.4, -0.2) is 22.8 Å². The number of benzene rings is 2. The molecule has 0 bridgehead atoms. The van der Waals surface area contributed by atoms with E-state index in [-0.39, 0.29) is 0 Å². The number of aryl methyl sites for hydroxylation is 1. The number of fused-ring (bicyclic) bond motifs is 2. The molecule has 0 radical (unpaired) electrons. The van der Waals surface area contributed by atoms with Crippen LogP contribution >= 0.6 is 11.6 Å². The van der Waals surface area contributed by atoms with Crippen LogP contribution in [0.4, 0.5) is 11.6 Å². The maximum absolute atomic E-state index is 6.15. The Morgan fingerprint density at radius 3 is 2.94 bits per heavy atom. The van der Waals surface area contributed by atoms with Crippen molar-refractivity contribution >= 4 is 40.2 Å². The average Bonchev–Trinajstić information content (AvgIpc) is 2.80. The van der Waals surface area contributed by atoms with Gasteiger partial charge in [-0.15, -0.1) is 0 Å². The molecule has 31 heavy (non-hydrogen) atoms. The van der Waals surface area contributed by atoms with Crippen LogP contribution in [0.3, 0.4) is 0 Å². The van der Waals surface area contributed by atoms with Gasteiger partial charge in [0.2, 0.25) is 0 Å². The Labute approximate surface area is 185 Å². The second-order valence-corrected chi connectivity index (χ2v) is 7.93. The third-order valence-corrected chi connectivity index (χ3v) is 5.48. The largest absolute Gasteiger partial charge is 0.493 e. The van der Waals surface area contributed by atoms with Crippen molar-refractivity contribution in [1.82, 2.24) is 9.97 Å². The van der Waals surface area contributed by atoms with Crippen LogP contribution in [0.25, 0.3) is 10.8 Å². The lowest BCUT2D eigenvalue weighted by atomic mass is 10.0. The topological polar surface area (TPSA) is 59.4 Å². The first-order chi connectivity index (χ1) is 15.2. The van der Waals surface area contributed by atoms with Crippen molar-refractivity contribution in [1.29, 1.82) is 0 Å². The smallest absolute Gasteiger partial charge is 0.139 e. The van der Waals surface area contributed by atoms with E-state index >= 15 is 0 Å². The van der Waals surface area contributed by atoms with Gasteiger partial charge < -0.3 is 10.1 Å². The SMILES string of the molecule is Clc1ccc2ccnc(Nc3ccc(/C=N/Cc4ccc5c(c4)CCCO5)cn3)c2c1. The Balaban J connectivity index is 1.26. The summed E-state index contributed by atoms with van der Waals surface area (Å²) in [4.78, 5) is 13.5. The molecule has 0 fully saturated rings. The molecule has 0 amide bonds. The van der Waals surface area contributed by atoms with Crippen molar-refractivity contribution in [2.24, 2.45) is 4.99 Å². The molecule has 0 spiro atoms. The Morgan fingerprint density at radius 1 is 1.06 bits per heavy atom. The van der Waals surface area contributed by atoms with E-state index < -0.39 is 0 Å². The fourth-order valence-electron chi connectivity index (χ4n) is 3.69. The molecular formula is C25H21ClN4O. The van der Waals surface area contributed by atoms with E-state index in [2.05, 4.69) is 38.5 Å². The van der Waals surface area contributed by atoms with Gasteiger partial charge in [-0.05, 0) is 65.8 Å². The number of aliphatic imine (C=N–C) groups is 1. The van der Waals surface area contributed by atoms with Crippen molar-refractivity contribution in [2.45, 2.75) is 19.4 Å². The summed E-state index contributed by atoms with van der Waals surface area (Å²) in [5, 5.41) is 5.98. The van der Waals surface area contributed by atoms with E-state index in [4.69, 9.17) is 16.3 Å². The number of aromatic nitrogens is 2. The van der Waals surface area contributed by atoms with Crippen molar-refractivity contribution in [3.05, 3.63) is 88.7 Å². The summed E-state index contributed by atoms with van der Waals surface area (Å²) in [6, 6.07) is 17.9. The van der Waals surface area contributed by atoms with Gasteiger partial charge in [0.25, 0.3) is 0 Å². The van der Waals surface area contributed by atoms with E-state index in [0.29, 0.717) is 17.4 Å². The molecule has 154 valence electrons. The quantitative estimate of drug-likeness (QED) is 0.398. The molecule has 2 aromatic heterocycles. The average molecular weight is 429 g/mol. The van der Waals surface area contributed by atoms with Crippen molar-refractivity contribution in [3.8, 4) is 5.75 Å². The second kappa shape index (κ2) is 8.74. The normalized spacial score (nSPS) is 13.2. The summed E-state index contributed by atoms with van der Waals surface area (Å²) in [5.41, 5.74) is 3.41. The van der Waals surface area contributed by atoms with E-state index in [1.807, 2.05) is 42.6 Å². The van der Waals surface area contributed by atoms with E-state index in [1.54, 1.807) is 12.4 Å². The van der Waals surface area contributed by atoms with Crippen LogP contribution in [0.2, 0.25) is 5.02 Å². The summed E-state index contributed by atoms with van der Waals surface area (Å²) in [5.74, 6) is 2.45. The minimum absolute atomic E-state index is 0.633. The summed E-state index contributed by atoms with van der Waals surface area (Å²) >= 11 is 6.15. The van der Waals surface area contributed by atoms with Gasteiger partial charge in [0, 0.05) is 34.6 Å². The van der Waals surface area contributed by atoms with E-state index in [9.17, 15) is 0 Å². The highest BCUT2D eigenvalue weighted by atomic mass is 35.5. The zero-order chi connectivity index (χ0) is 21.0. The highest BCUT2D eigenvalue weighted by molar-refractivity contribution is 6.31. The molecule has 4 aromatic rings. The number of nitrogens with one attached hydrogen (secondary N) is 1. The third kappa shape index (κ3) is 4.52. The maximum atomic E-state index is 6.15. The summed E-state index contributed by atoms with van der Waals surface area (Å²) < 4.78 is 5.67. The summed E-state index contributed by atoms with van der Waals surface area (Å²) in [6.07, 6.45) is 7.57. The van der Waals surface area contributed by atoms with Crippen molar-refractivity contribution < 1.29 is 4.74 Å². The molecule has 0 unspecified atom stereocenters. The molecule has 3 heterocycles. The minimum Gasteiger partial charge on any atom is -0.493 e. The Bertz CT molecular complexity index is 1250. The van der Waals surface area contributed by atoms with E-state index in [0.717, 1.165) is 47.4 Å². The number of nitrogens with zero attached hydrogens (tertiary/aromatic N) is 3. The fraction of sp³-hybridized carbons (Fsp3) is 0.160. The number of hydrogen-bond acceptors (Lipinski definition) is 5. The molecule has 0 saturated carbocycles. The van der Waals surface area contributed by atoms with Crippen LogP contribution in [0.1, 0.15) is 23.1 Å². The first kappa shape index (κ1) is 19.5. The van der Waals surface area contributed by atoms with Crippen LogP contribution in [0, 0.1) is 0 Å². The number of hydrogen-bond donors (Lipinski definition) is 1. The van der Waals surface area contributed by atoms with Crippen LogP contribution in [0.5, 0.6) is 5.75 Å². The van der Waals surface area contributed by atoms with Gasteiger partial charge in [-0.3, -0.25) is 4.99 Å². The van der Waals surface area contributed by atoms with Gasteiger partial charge in [0.15, 0.2) is 0 Å². The predicted octanol–water partition coefficient (Wildman–Crippen LogP) is 5.97. The fourth-order valence-corrected chi connectivity index (χ4v) is 3.86. The summed E-state index contributed by atoms with van der Waals surface area (Å²) in [7, 11) is 0. The van der Waals surface area contributed by atoms with E-state index in [1.165, 1.54) is 11.1 Å². The molecule has 1 aliphatic rings. The lowest BCUT2D eigenvalue weighted by molar-refractivity contribution is 0.288. The zero-order valence-corrected chi connectivity index (χ0v) is 17.6. The van der Waals surface area contributed by atoms with Gasteiger partial charge in [-0.25, -0.2) is 9.97 Å². The number of anilines is 2. The molecule has 5 nitrogen and oxygen atoms in total. The summed E-state index contributed by atoms with van der Waals surface area (Å²) in [6.45, 7) is 1.45. The van der Waals surface area contributed by atoms with Gasteiger partial charge in [-0.1, -0.05) is 29.8 Å². The lowest BCUT2D eigenvalue weighted by Crippen LogP contribution is -2.08. The Kier molecular flexibility index (Phi) is 5.50. The van der Waals surface area contributed by atoms with Gasteiger partial charge in [0.1, 0.15) is 17.4 Å². The predicted molar refractivity (Wildman–Crippen MR) is 126 cm³/mol. The molecule has 1 N–H and O–H groups in total. The van der Waals surface area contributed by atoms with Crippen molar-refractivity contribution in [3.63, 3.8) is 0 Å². The number of rotatable bonds is 5. The maximum Gasteiger partial charge on any atom is 0.139 e. The molecule has 6 heteroatoms. The van der Waals surface area contributed by atoms with Gasteiger partial charge >= 0.3 is 0 Å². The molecule has 1 aliphatic heterocycles. The number of halogens is 1. The van der Waals surface area contributed by atoms with Gasteiger partial charge in [-0.2, -0.15) is 0 Å². The van der Waals surface area contributed by atoms with Crippen LogP contribution in [0.15, 0.2) is 72.0 Å². The van der Waals surface area contributed by atoms with Crippen LogP contribution in [-0.2, 0) is 13.0 Å². The standard InChI is InChI=1S/C25H21ClN4O/c26-21-6-5-19-9-10-28-25(22(19)13-21)30-24-8-4-18(16-29-24)15-27-14-17-3-7-23-20(12-17)2-1-11-31-23/h3-10,12-13,15-16H,1-2,11,14H2,(H,28,29,30)/b27-15+. The monoisotopic (exact) mass is 428 g/mol. The van der Waals surface area contributed by atoms with Gasteiger partial charge in [0.05, 0.1) is 13.2 Å². The molecule has 0 saturated heterocycles. The van der Waals surface area contributed by atoms with Crippen LogP contribution < -0.4 is 10.1 Å². The lowest BCUT2D eigenvalue weighted by Gasteiger charge is -2.17. The molecule has 0 atom stereocenters. The number of pyridine rings is 2. The first-order valence-corrected chi connectivity index (χ1v) is 10.6. The highest BCUT2D eigenvalue weighted by Crippen LogP contribution is 2.27. The number of ether oxygens (including phenoxy) is 1. The second-order valence-electron chi connectivity index (χ2n) is 7.49. The Hall–Kier alpha value is -3.44. The van der Waals surface area contributed by atoms with Crippen molar-refractivity contribution in [2.75, 3.05) is 11.9 Å². The molecular weight excluding hydrogens is 408 g/mol.